The lowest BCUT2D eigenvalue weighted by Crippen LogP contribution is -2.40. The molecule has 0 N–H and O–H groups in total. The molecule has 38 heavy (non-hydrogen) atoms. The largest absolute Gasteiger partial charge is 0.453 e. The number of hydrogen-bond acceptors (Lipinski definition) is 7. The van der Waals surface area contributed by atoms with Gasteiger partial charge in [-0.2, -0.15) is 13.2 Å². The topological polar surface area (TPSA) is 82.4 Å². The molecule has 0 bridgehead atoms. The van der Waals surface area contributed by atoms with E-state index in [0.717, 1.165) is 41.4 Å². The van der Waals surface area contributed by atoms with Crippen LogP contribution in [-0.2, 0) is 27.0 Å². The van der Waals surface area contributed by atoms with E-state index < -0.39 is 18.3 Å². The van der Waals surface area contributed by atoms with Crippen LogP contribution in [0.4, 0.5) is 13.2 Å². The van der Waals surface area contributed by atoms with Crippen molar-refractivity contribution in [3.05, 3.63) is 27.7 Å². The average molecular weight is 556 g/mol. The molecule has 1 saturated carbocycles. The van der Waals surface area contributed by atoms with Crippen molar-refractivity contribution in [2.75, 3.05) is 26.3 Å². The molecule has 2 aliphatic heterocycles. The molecule has 3 aliphatic rings. The molecule has 2 unspecified atom stereocenters. The fourth-order valence-corrected chi connectivity index (χ4v) is 6.78. The highest BCUT2D eigenvalue weighted by Crippen LogP contribution is 2.36. The van der Waals surface area contributed by atoms with E-state index >= 15 is 0 Å². The SMILES string of the molecule is Cc1nc(C(F)(F)F)nn1CC(=O)N1CCC(c2nc(C3OCC4CCCCCCCC4CO3)cs2)CC1. The number of likely N-dealkylation sites (tertiary alicyclic amines) is 1. The number of fused-ring (bicyclic) bond motifs is 1. The summed E-state index contributed by atoms with van der Waals surface area (Å²) in [5, 5.41) is 6.52. The average Bonchev–Trinajstić information content (AvgIpc) is 3.50. The standard InChI is InChI=1S/C26H36F3N5O3S/c1-17-30-25(26(27,28)29)32-34(17)13-22(35)33-11-9-18(10-12-33)23-31-21(16-38-23)24-36-14-19-7-5-3-2-4-6-8-20(19)15-37-24/h16,18-20,24H,2-15H2,1H3. The molecule has 4 heterocycles. The third-order valence-electron chi connectivity index (χ3n) is 8.11. The lowest BCUT2D eigenvalue weighted by Gasteiger charge is -2.31. The first kappa shape index (κ1) is 27.5. The van der Waals surface area contributed by atoms with Gasteiger partial charge in [0.1, 0.15) is 18.1 Å². The summed E-state index contributed by atoms with van der Waals surface area (Å²) in [6.45, 7) is 3.66. The Morgan fingerprint density at radius 1 is 1.00 bits per heavy atom. The minimum atomic E-state index is -4.63. The van der Waals surface area contributed by atoms with E-state index in [9.17, 15) is 18.0 Å². The highest BCUT2D eigenvalue weighted by atomic mass is 32.1. The van der Waals surface area contributed by atoms with Crippen molar-refractivity contribution in [2.45, 2.75) is 89.6 Å². The second-order valence-electron chi connectivity index (χ2n) is 10.8. The van der Waals surface area contributed by atoms with E-state index in [1.165, 1.54) is 51.9 Å². The van der Waals surface area contributed by atoms with Gasteiger partial charge in [0.2, 0.25) is 12.2 Å². The number of carbonyl (C=O) groups excluding carboxylic acids is 1. The van der Waals surface area contributed by atoms with Crippen LogP contribution in [0.1, 0.15) is 92.3 Å². The number of halogens is 3. The number of rotatable bonds is 4. The summed E-state index contributed by atoms with van der Waals surface area (Å²) in [5.74, 6) is -0.0672. The van der Waals surface area contributed by atoms with Gasteiger partial charge in [0.05, 0.1) is 18.2 Å². The van der Waals surface area contributed by atoms with E-state index in [0.29, 0.717) is 24.9 Å². The van der Waals surface area contributed by atoms with Crippen LogP contribution in [0.25, 0.3) is 0 Å². The quantitative estimate of drug-likeness (QED) is 0.496. The number of alkyl halides is 3. The fourth-order valence-electron chi connectivity index (χ4n) is 5.78. The summed E-state index contributed by atoms with van der Waals surface area (Å²) in [7, 11) is 0. The minimum absolute atomic E-state index is 0.0692. The zero-order chi connectivity index (χ0) is 26.7. The Kier molecular flexibility index (Phi) is 8.69. The Morgan fingerprint density at radius 2 is 1.63 bits per heavy atom. The van der Waals surface area contributed by atoms with E-state index in [1.807, 2.05) is 5.38 Å². The van der Waals surface area contributed by atoms with Crippen molar-refractivity contribution >= 4 is 17.2 Å². The lowest BCUT2D eigenvalue weighted by atomic mass is 9.86. The summed E-state index contributed by atoms with van der Waals surface area (Å²) < 4.78 is 52.1. The predicted octanol–water partition coefficient (Wildman–Crippen LogP) is 5.49. The van der Waals surface area contributed by atoms with Gasteiger partial charge in [-0.25, -0.2) is 14.6 Å². The number of nitrogens with zero attached hydrogens (tertiary/aromatic N) is 5. The van der Waals surface area contributed by atoms with Crippen LogP contribution in [0.2, 0.25) is 0 Å². The number of piperidine rings is 1. The summed E-state index contributed by atoms with van der Waals surface area (Å²) in [5.41, 5.74) is 0.831. The Hall–Kier alpha value is -2.05. The van der Waals surface area contributed by atoms with E-state index in [2.05, 4.69) is 10.1 Å². The molecule has 1 amide bonds. The van der Waals surface area contributed by atoms with Gasteiger partial charge in [0.25, 0.3) is 5.82 Å². The normalized spacial score (nSPS) is 26.2. The first-order valence-electron chi connectivity index (χ1n) is 13.7. The molecule has 8 nitrogen and oxygen atoms in total. The fraction of sp³-hybridized carbons (Fsp3) is 0.769. The first-order chi connectivity index (χ1) is 18.3. The van der Waals surface area contributed by atoms with Crippen molar-refractivity contribution in [3.8, 4) is 0 Å². The zero-order valence-electron chi connectivity index (χ0n) is 21.8. The van der Waals surface area contributed by atoms with Crippen LogP contribution < -0.4 is 0 Å². The molecule has 1 aliphatic carbocycles. The molecule has 210 valence electrons. The van der Waals surface area contributed by atoms with Gasteiger partial charge in [-0.1, -0.05) is 32.1 Å². The summed E-state index contributed by atoms with van der Waals surface area (Å²) in [4.78, 5) is 22.8. The molecule has 2 aromatic rings. The van der Waals surface area contributed by atoms with Crippen LogP contribution >= 0.6 is 11.3 Å². The second-order valence-corrected chi connectivity index (χ2v) is 11.7. The van der Waals surface area contributed by atoms with E-state index in [-0.39, 0.29) is 24.2 Å². The van der Waals surface area contributed by atoms with Gasteiger partial charge >= 0.3 is 6.18 Å². The number of amides is 1. The Morgan fingerprint density at radius 3 is 2.24 bits per heavy atom. The summed E-state index contributed by atoms with van der Waals surface area (Å²) in [6.07, 6.45) is 5.35. The number of aromatic nitrogens is 4. The molecule has 0 spiro atoms. The molecule has 3 fully saturated rings. The Labute approximate surface area is 224 Å². The highest BCUT2D eigenvalue weighted by molar-refractivity contribution is 7.09. The third-order valence-corrected chi connectivity index (χ3v) is 9.14. The maximum absolute atomic E-state index is 12.9. The van der Waals surface area contributed by atoms with Crippen molar-refractivity contribution in [3.63, 3.8) is 0 Å². The molecule has 0 radical (unpaired) electrons. The molecular weight excluding hydrogens is 519 g/mol. The number of aryl methyl sites for hydroxylation is 1. The number of thiazole rings is 1. The summed E-state index contributed by atoms with van der Waals surface area (Å²) in [6, 6.07) is 0. The maximum Gasteiger partial charge on any atom is 0.453 e. The number of carbonyl (C=O) groups is 1. The molecular formula is C26H36F3N5O3S. The Bertz CT molecular complexity index is 1060. The van der Waals surface area contributed by atoms with Crippen LogP contribution in [0.5, 0.6) is 0 Å². The van der Waals surface area contributed by atoms with E-state index in [4.69, 9.17) is 14.5 Å². The van der Waals surface area contributed by atoms with Gasteiger partial charge in [0.15, 0.2) is 0 Å². The van der Waals surface area contributed by atoms with Gasteiger partial charge < -0.3 is 14.4 Å². The van der Waals surface area contributed by atoms with Crippen LogP contribution in [0.3, 0.4) is 0 Å². The van der Waals surface area contributed by atoms with Crippen molar-refractivity contribution in [1.82, 2.24) is 24.6 Å². The van der Waals surface area contributed by atoms with Gasteiger partial charge in [-0.3, -0.25) is 4.79 Å². The molecule has 5 rings (SSSR count). The van der Waals surface area contributed by atoms with Crippen LogP contribution in [0.15, 0.2) is 5.38 Å². The predicted molar refractivity (Wildman–Crippen MR) is 134 cm³/mol. The minimum Gasteiger partial charge on any atom is -0.347 e. The third kappa shape index (κ3) is 6.56. The maximum atomic E-state index is 12.9. The zero-order valence-corrected chi connectivity index (χ0v) is 22.6. The smallest absolute Gasteiger partial charge is 0.347 e. The monoisotopic (exact) mass is 555 g/mol. The molecule has 2 aromatic heterocycles. The van der Waals surface area contributed by atoms with Crippen molar-refractivity contribution < 1.29 is 27.4 Å². The summed E-state index contributed by atoms with van der Waals surface area (Å²) >= 11 is 1.61. The highest BCUT2D eigenvalue weighted by Gasteiger charge is 2.37. The van der Waals surface area contributed by atoms with Crippen LogP contribution in [-0.4, -0.2) is 56.9 Å². The number of hydrogen-bond donors (Lipinski definition) is 0. The van der Waals surface area contributed by atoms with Crippen LogP contribution in [0, 0.1) is 18.8 Å². The molecule has 2 atom stereocenters. The molecule has 12 heteroatoms. The van der Waals surface area contributed by atoms with Crippen molar-refractivity contribution in [2.24, 2.45) is 11.8 Å². The van der Waals surface area contributed by atoms with Gasteiger partial charge in [-0.15, -0.1) is 16.4 Å². The molecule has 0 aromatic carbocycles. The Balaban J connectivity index is 1.13. The molecule has 2 saturated heterocycles. The number of ether oxygens (including phenoxy) is 2. The van der Waals surface area contributed by atoms with E-state index in [1.54, 1.807) is 16.2 Å². The van der Waals surface area contributed by atoms with Gasteiger partial charge in [0, 0.05) is 24.4 Å². The second kappa shape index (κ2) is 12.0. The van der Waals surface area contributed by atoms with Gasteiger partial charge in [-0.05, 0) is 44.4 Å². The lowest BCUT2D eigenvalue weighted by molar-refractivity contribution is -0.145. The van der Waals surface area contributed by atoms with Crippen molar-refractivity contribution in [1.29, 1.82) is 0 Å². The first-order valence-corrected chi connectivity index (χ1v) is 14.6.